The molecule has 1 atom stereocenters. The van der Waals surface area contributed by atoms with Crippen molar-refractivity contribution in [3.05, 3.63) is 83.4 Å². The number of fused-ring (bicyclic) bond motifs is 2. The predicted molar refractivity (Wildman–Crippen MR) is 124 cm³/mol. The molecule has 0 radical (unpaired) electrons. The standard InChI is InChI=1S/C26H23FN2O4/c1-29-14-22(33-26-15(12-23(30)31)4-3-7-21(26)29)18-10-16-8-9-32-25(16)20(11-18)19-6-2-5-17(13-28)24(19)27/h2-11,22H,12-14,28H2,1H3,(H,30,31)/t22-/m1/s1. The van der Waals surface area contributed by atoms with Gasteiger partial charge in [0.1, 0.15) is 23.3 Å². The Balaban J connectivity index is 1.62. The summed E-state index contributed by atoms with van der Waals surface area (Å²) in [5.74, 6) is -0.733. The van der Waals surface area contributed by atoms with Crippen LogP contribution in [0.5, 0.6) is 5.75 Å². The van der Waals surface area contributed by atoms with E-state index in [1.165, 1.54) is 0 Å². The highest BCUT2D eigenvalue weighted by Crippen LogP contribution is 2.42. The summed E-state index contributed by atoms with van der Waals surface area (Å²) in [6.45, 7) is 0.651. The smallest absolute Gasteiger partial charge is 0.307 e. The lowest BCUT2D eigenvalue weighted by atomic mass is 9.95. The van der Waals surface area contributed by atoms with Gasteiger partial charge in [-0.2, -0.15) is 0 Å². The number of anilines is 1. The summed E-state index contributed by atoms with van der Waals surface area (Å²) in [5, 5.41) is 10.1. The molecule has 5 rings (SSSR count). The zero-order valence-electron chi connectivity index (χ0n) is 18.0. The molecule has 0 saturated heterocycles. The van der Waals surface area contributed by atoms with Crippen molar-refractivity contribution in [1.29, 1.82) is 0 Å². The first-order valence-electron chi connectivity index (χ1n) is 10.7. The molecule has 168 valence electrons. The highest BCUT2D eigenvalue weighted by atomic mass is 19.1. The number of aliphatic carboxylic acids is 1. The number of hydrogen-bond donors (Lipinski definition) is 2. The van der Waals surface area contributed by atoms with Gasteiger partial charge in [-0.15, -0.1) is 0 Å². The van der Waals surface area contributed by atoms with Crippen LogP contribution in [0.15, 0.2) is 65.3 Å². The molecule has 0 saturated carbocycles. The number of benzene rings is 3. The molecule has 3 N–H and O–H groups in total. The van der Waals surface area contributed by atoms with E-state index in [1.807, 2.05) is 42.3 Å². The van der Waals surface area contributed by atoms with E-state index in [-0.39, 0.29) is 24.9 Å². The molecule has 0 aliphatic carbocycles. The first-order chi connectivity index (χ1) is 16.0. The Kier molecular flexibility index (Phi) is 5.26. The summed E-state index contributed by atoms with van der Waals surface area (Å²) < 4.78 is 27.2. The minimum atomic E-state index is -0.922. The number of carboxylic acid groups (broad SMARTS) is 1. The van der Waals surface area contributed by atoms with Gasteiger partial charge in [0.05, 0.1) is 24.9 Å². The van der Waals surface area contributed by atoms with Crippen molar-refractivity contribution < 1.29 is 23.4 Å². The van der Waals surface area contributed by atoms with Crippen molar-refractivity contribution in [2.45, 2.75) is 19.1 Å². The molecule has 0 amide bonds. The lowest BCUT2D eigenvalue weighted by molar-refractivity contribution is -0.136. The van der Waals surface area contributed by atoms with E-state index in [1.54, 1.807) is 30.5 Å². The van der Waals surface area contributed by atoms with E-state index in [2.05, 4.69) is 0 Å². The van der Waals surface area contributed by atoms with Gasteiger partial charge in [0.2, 0.25) is 0 Å². The fourth-order valence-corrected chi connectivity index (χ4v) is 4.45. The van der Waals surface area contributed by atoms with Gasteiger partial charge in [0, 0.05) is 41.2 Å². The Morgan fingerprint density at radius 2 is 1.94 bits per heavy atom. The predicted octanol–water partition coefficient (Wildman–Crippen LogP) is 4.89. The van der Waals surface area contributed by atoms with Crippen molar-refractivity contribution in [3.63, 3.8) is 0 Å². The first-order valence-corrected chi connectivity index (χ1v) is 10.7. The Bertz CT molecular complexity index is 1360. The molecule has 0 unspecified atom stereocenters. The molecule has 6 nitrogen and oxygen atoms in total. The fourth-order valence-electron chi connectivity index (χ4n) is 4.45. The quantitative estimate of drug-likeness (QED) is 0.454. The number of ether oxygens (including phenoxy) is 1. The van der Waals surface area contributed by atoms with Crippen LogP contribution in [0.1, 0.15) is 22.8 Å². The molecule has 0 fully saturated rings. The largest absolute Gasteiger partial charge is 0.481 e. The van der Waals surface area contributed by atoms with E-state index in [0.717, 1.165) is 16.6 Å². The second kappa shape index (κ2) is 8.26. The molecular formula is C26H23FN2O4. The number of carbonyl (C=O) groups is 1. The molecule has 1 aromatic heterocycles. The van der Waals surface area contributed by atoms with Gasteiger partial charge in [0.15, 0.2) is 0 Å². The Labute approximate surface area is 190 Å². The number of rotatable bonds is 5. The Hall–Kier alpha value is -3.84. The molecule has 2 heterocycles. The van der Waals surface area contributed by atoms with E-state index < -0.39 is 5.97 Å². The summed E-state index contributed by atoms with van der Waals surface area (Å²) in [6.07, 6.45) is 1.07. The number of para-hydroxylation sites is 1. The number of carboxylic acids is 1. The number of nitrogens with two attached hydrogens (primary N) is 1. The average molecular weight is 446 g/mol. The van der Waals surface area contributed by atoms with Crippen molar-refractivity contribution in [1.82, 2.24) is 0 Å². The normalized spacial score (nSPS) is 15.4. The van der Waals surface area contributed by atoms with E-state index >= 15 is 4.39 Å². The molecule has 0 spiro atoms. The minimum Gasteiger partial charge on any atom is -0.481 e. The molecule has 4 aromatic rings. The van der Waals surface area contributed by atoms with Gasteiger partial charge in [-0.25, -0.2) is 4.39 Å². The molecule has 33 heavy (non-hydrogen) atoms. The number of halogens is 1. The zero-order chi connectivity index (χ0) is 23.1. The first kappa shape index (κ1) is 21.0. The summed E-state index contributed by atoms with van der Waals surface area (Å²) in [4.78, 5) is 13.4. The lowest BCUT2D eigenvalue weighted by Crippen LogP contribution is -2.32. The number of hydrogen-bond acceptors (Lipinski definition) is 5. The molecule has 1 aliphatic rings. The monoisotopic (exact) mass is 446 g/mol. The van der Waals surface area contributed by atoms with E-state index in [0.29, 0.717) is 40.1 Å². The fraction of sp³-hybridized carbons (Fsp3) is 0.192. The third kappa shape index (κ3) is 3.70. The zero-order valence-corrected chi connectivity index (χ0v) is 18.0. The van der Waals surface area contributed by atoms with Crippen LogP contribution in [0.4, 0.5) is 10.1 Å². The van der Waals surface area contributed by atoms with Crippen molar-refractivity contribution in [2.24, 2.45) is 5.73 Å². The highest BCUT2D eigenvalue weighted by Gasteiger charge is 2.28. The third-order valence-electron chi connectivity index (χ3n) is 6.06. The van der Waals surface area contributed by atoms with Gasteiger partial charge < -0.3 is 24.9 Å². The summed E-state index contributed by atoms with van der Waals surface area (Å²) in [6, 6.07) is 16.4. The van der Waals surface area contributed by atoms with Gasteiger partial charge in [0.25, 0.3) is 0 Å². The second-order valence-corrected chi connectivity index (χ2v) is 8.21. The maximum Gasteiger partial charge on any atom is 0.307 e. The maximum atomic E-state index is 15.2. The van der Waals surface area contributed by atoms with Gasteiger partial charge in [-0.3, -0.25) is 4.79 Å². The SMILES string of the molecule is CN1C[C@H](c2cc(-c3cccc(CN)c3F)c3occc3c2)Oc2c(CC(=O)O)cccc21. The van der Waals surface area contributed by atoms with Crippen LogP contribution in [0, 0.1) is 5.82 Å². The van der Waals surface area contributed by atoms with Crippen LogP contribution in [0.3, 0.4) is 0 Å². The topological polar surface area (TPSA) is 88.9 Å². The van der Waals surface area contributed by atoms with Crippen molar-refractivity contribution >= 4 is 22.6 Å². The van der Waals surface area contributed by atoms with Crippen LogP contribution in [-0.4, -0.2) is 24.7 Å². The molecule has 7 heteroatoms. The van der Waals surface area contributed by atoms with Crippen LogP contribution in [0.2, 0.25) is 0 Å². The van der Waals surface area contributed by atoms with Gasteiger partial charge in [-0.05, 0) is 29.8 Å². The highest BCUT2D eigenvalue weighted by molar-refractivity contribution is 5.93. The Morgan fingerprint density at radius 3 is 2.73 bits per heavy atom. The molecule has 1 aliphatic heterocycles. The molecule has 3 aromatic carbocycles. The molecular weight excluding hydrogens is 423 g/mol. The van der Waals surface area contributed by atoms with Crippen LogP contribution in [0.25, 0.3) is 22.1 Å². The Morgan fingerprint density at radius 1 is 1.15 bits per heavy atom. The molecule has 0 bridgehead atoms. The maximum absolute atomic E-state index is 15.2. The van der Waals surface area contributed by atoms with Crippen LogP contribution < -0.4 is 15.4 Å². The number of furan rings is 1. The lowest BCUT2D eigenvalue weighted by Gasteiger charge is -2.35. The summed E-state index contributed by atoms with van der Waals surface area (Å²) in [7, 11) is 1.95. The second-order valence-electron chi connectivity index (χ2n) is 8.21. The van der Waals surface area contributed by atoms with Gasteiger partial charge >= 0.3 is 5.97 Å². The summed E-state index contributed by atoms with van der Waals surface area (Å²) in [5.41, 5.74) is 10.1. The van der Waals surface area contributed by atoms with Crippen LogP contribution in [-0.2, 0) is 17.8 Å². The summed E-state index contributed by atoms with van der Waals surface area (Å²) >= 11 is 0. The number of likely N-dealkylation sites (N-methyl/N-ethyl adjacent to an activating group) is 1. The van der Waals surface area contributed by atoms with Crippen molar-refractivity contribution in [3.8, 4) is 16.9 Å². The third-order valence-corrected chi connectivity index (χ3v) is 6.06. The number of nitrogens with zero attached hydrogens (tertiary/aromatic N) is 1. The van der Waals surface area contributed by atoms with E-state index in [9.17, 15) is 9.90 Å². The van der Waals surface area contributed by atoms with Crippen LogP contribution >= 0.6 is 0 Å². The van der Waals surface area contributed by atoms with E-state index in [4.69, 9.17) is 14.9 Å². The minimum absolute atomic E-state index is 0.0976. The van der Waals surface area contributed by atoms with Crippen molar-refractivity contribution in [2.75, 3.05) is 18.5 Å². The van der Waals surface area contributed by atoms with Gasteiger partial charge in [-0.1, -0.05) is 30.3 Å². The average Bonchev–Trinajstić information content (AvgIpc) is 3.28.